The predicted octanol–water partition coefficient (Wildman–Crippen LogP) is 3.74. The third-order valence-corrected chi connectivity index (χ3v) is 9.57. The number of nitrogens with zero attached hydrogens (tertiary/aromatic N) is 5. The van der Waals surface area contributed by atoms with E-state index in [2.05, 4.69) is 4.90 Å². The molecule has 10 nitrogen and oxygen atoms in total. The van der Waals surface area contributed by atoms with Crippen molar-refractivity contribution >= 4 is 28.2 Å². The van der Waals surface area contributed by atoms with Gasteiger partial charge in [-0.15, -0.1) is 0 Å². The van der Waals surface area contributed by atoms with Crippen LogP contribution < -0.4 is 14.5 Å². The Morgan fingerprint density at radius 1 is 1.18 bits per heavy atom. The lowest BCUT2D eigenvalue weighted by Gasteiger charge is -2.31. The van der Waals surface area contributed by atoms with E-state index in [1.165, 1.54) is 17.0 Å². The topological polar surface area (TPSA) is 111 Å². The number of rotatable bonds is 7. The van der Waals surface area contributed by atoms with E-state index in [4.69, 9.17) is 19.4 Å². The van der Waals surface area contributed by atoms with Crippen LogP contribution in [0.3, 0.4) is 0 Å². The lowest BCUT2D eigenvalue weighted by atomic mass is 9.95. The van der Waals surface area contributed by atoms with Gasteiger partial charge < -0.3 is 29.5 Å². The smallest absolute Gasteiger partial charge is 0.318 e. The second-order valence-electron chi connectivity index (χ2n) is 12.3. The van der Waals surface area contributed by atoms with Crippen LogP contribution in [0, 0.1) is 5.82 Å². The number of aromatic hydroxyl groups is 1. The Hall–Kier alpha value is -3.61. The molecule has 2 N–H and O–H groups in total. The summed E-state index contributed by atoms with van der Waals surface area (Å²) in [6.45, 7) is 4.51. The minimum absolute atomic E-state index is 0.0428. The maximum Gasteiger partial charge on any atom is 0.318 e. The number of hydrogen-bond acceptors (Lipinski definition) is 9. The molecule has 3 saturated heterocycles. The first-order valence-corrected chi connectivity index (χ1v) is 15.5. The summed E-state index contributed by atoms with van der Waals surface area (Å²) >= 11 is 0. The van der Waals surface area contributed by atoms with Crippen molar-refractivity contribution in [2.75, 3.05) is 55.8 Å². The summed E-state index contributed by atoms with van der Waals surface area (Å²) in [5, 5.41) is 21.7. The molecule has 1 amide bonds. The van der Waals surface area contributed by atoms with Gasteiger partial charge in [0.05, 0.1) is 36.2 Å². The number of carbonyl (C=O) groups is 1. The lowest BCUT2D eigenvalue weighted by molar-refractivity contribution is 0.0266. The first kappa shape index (κ1) is 29.1. The number of carbonyl (C=O) groups excluding carboxylic acids is 1. The van der Waals surface area contributed by atoms with Crippen LogP contribution in [0.5, 0.6) is 11.8 Å². The molecule has 44 heavy (non-hydrogen) atoms. The molecule has 0 spiro atoms. The zero-order valence-electron chi connectivity index (χ0n) is 24.8. The van der Waals surface area contributed by atoms with Crippen LogP contribution >= 0.6 is 0 Å². The van der Waals surface area contributed by atoms with Crippen molar-refractivity contribution in [2.45, 2.75) is 63.4 Å². The molecule has 0 saturated carbocycles. The van der Waals surface area contributed by atoms with E-state index in [0.29, 0.717) is 84.6 Å². The zero-order valence-corrected chi connectivity index (χ0v) is 24.8. The summed E-state index contributed by atoms with van der Waals surface area (Å²) in [6.07, 6.45) is 1.91. The van der Waals surface area contributed by atoms with E-state index in [9.17, 15) is 23.8 Å². The molecule has 3 fully saturated rings. The Balaban J connectivity index is 1.30. The van der Waals surface area contributed by atoms with Crippen molar-refractivity contribution in [3.63, 3.8) is 0 Å². The van der Waals surface area contributed by atoms with E-state index in [0.717, 1.165) is 19.4 Å². The highest BCUT2D eigenvalue weighted by Crippen LogP contribution is 2.43. The van der Waals surface area contributed by atoms with Crippen LogP contribution in [0.2, 0.25) is 0 Å². The molecular weight excluding hydrogens is 572 g/mol. The minimum atomic E-state index is -0.899. The SMILES string of the molecule is CCc1c(F)ccc2cc(O)cc(N3Cc4nc(OC[C@@]56CCCN5C[C@H](F)C6)nc(N5CCCOC(CO)C5)c4C3=O)c12. The molecule has 0 radical (unpaired) electrons. The van der Waals surface area contributed by atoms with Gasteiger partial charge in [-0.25, -0.2) is 8.78 Å². The molecule has 1 unspecified atom stereocenters. The van der Waals surface area contributed by atoms with Crippen LogP contribution in [-0.2, 0) is 17.7 Å². The molecule has 12 heteroatoms. The van der Waals surface area contributed by atoms with Gasteiger partial charge in [0.2, 0.25) is 0 Å². The summed E-state index contributed by atoms with van der Waals surface area (Å²) in [5.41, 5.74) is 1.19. The maximum absolute atomic E-state index is 15.0. The van der Waals surface area contributed by atoms with Crippen molar-refractivity contribution < 1.29 is 33.3 Å². The van der Waals surface area contributed by atoms with Crippen LogP contribution in [0.1, 0.15) is 54.2 Å². The summed E-state index contributed by atoms with van der Waals surface area (Å²) in [7, 11) is 0. The largest absolute Gasteiger partial charge is 0.508 e. The van der Waals surface area contributed by atoms with Gasteiger partial charge in [0.25, 0.3) is 5.91 Å². The molecule has 1 aromatic heterocycles. The standard InChI is InChI=1S/C32H37F2N5O5/c1-2-23-24(34)6-5-19-11-21(41)12-26(27(19)23)39-16-25-28(30(39)42)29(37-8-4-10-43-22(15-37)17-40)36-31(35-25)44-18-32-7-3-9-38(32)14-20(33)13-32/h5-6,11-12,20,22,40-41H,2-4,7-10,13-18H2,1H3/t20-,22?,32+/m1/s1. The molecule has 0 aliphatic carbocycles. The number of aryl methyl sites for hydroxylation is 1. The lowest BCUT2D eigenvalue weighted by Crippen LogP contribution is -2.43. The van der Waals surface area contributed by atoms with Gasteiger partial charge in [-0.2, -0.15) is 9.97 Å². The fraction of sp³-hybridized carbons (Fsp3) is 0.531. The highest BCUT2D eigenvalue weighted by atomic mass is 19.1. The van der Waals surface area contributed by atoms with Gasteiger partial charge in [-0.3, -0.25) is 9.69 Å². The average Bonchev–Trinajstić information content (AvgIpc) is 3.57. The Morgan fingerprint density at radius 3 is 2.86 bits per heavy atom. The van der Waals surface area contributed by atoms with Crippen LogP contribution in [0.4, 0.5) is 20.3 Å². The quantitative estimate of drug-likeness (QED) is 0.414. The second-order valence-corrected chi connectivity index (χ2v) is 12.3. The number of aromatic nitrogens is 2. The van der Waals surface area contributed by atoms with E-state index in [1.807, 2.05) is 11.8 Å². The predicted molar refractivity (Wildman–Crippen MR) is 160 cm³/mol. The Morgan fingerprint density at radius 2 is 2.05 bits per heavy atom. The number of phenols is 1. The molecule has 0 bridgehead atoms. The van der Waals surface area contributed by atoms with Crippen molar-refractivity contribution in [1.29, 1.82) is 0 Å². The van der Waals surface area contributed by atoms with Crippen molar-refractivity contribution in [3.05, 3.63) is 46.9 Å². The molecular formula is C32H37F2N5O5. The van der Waals surface area contributed by atoms with E-state index in [-0.39, 0.29) is 43.2 Å². The number of fused-ring (bicyclic) bond motifs is 3. The second kappa shape index (κ2) is 11.4. The van der Waals surface area contributed by atoms with Crippen molar-refractivity contribution in [2.24, 2.45) is 0 Å². The fourth-order valence-electron chi connectivity index (χ4n) is 7.53. The summed E-state index contributed by atoms with van der Waals surface area (Å²) < 4.78 is 41.4. The van der Waals surface area contributed by atoms with Gasteiger partial charge in [0, 0.05) is 44.1 Å². The van der Waals surface area contributed by atoms with Crippen LogP contribution in [-0.4, -0.2) is 94.8 Å². The Bertz CT molecular complexity index is 1610. The van der Waals surface area contributed by atoms with E-state index >= 15 is 0 Å². The molecule has 234 valence electrons. The number of phenolic OH excluding ortho intramolecular Hbond substituents is 1. The summed E-state index contributed by atoms with van der Waals surface area (Å²) in [5.74, 6) is -0.418. The van der Waals surface area contributed by atoms with Crippen molar-refractivity contribution in [1.82, 2.24) is 14.9 Å². The van der Waals surface area contributed by atoms with Crippen molar-refractivity contribution in [3.8, 4) is 11.8 Å². The summed E-state index contributed by atoms with van der Waals surface area (Å²) in [6, 6.07) is 6.12. The number of anilines is 2. The highest BCUT2D eigenvalue weighted by molar-refractivity contribution is 6.16. The number of halogens is 2. The van der Waals surface area contributed by atoms with Gasteiger partial charge in [-0.1, -0.05) is 13.0 Å². The van der Waals surface area contributed by atoms with Gasteiger partial charge >= 0.3 is 6.01 Å². The monoisotopic (exact) mass is 609 g/mol. The molecule has 4 aliphatic heterocycles. The average molecular weight is 610 g/mol. The fourth-order valence-corrected chi connectivity index (χ4v) is 7.53. The third kappa shape index (κ3) is 4.93. The van der Waals surface area contributed by atoms with Gasteiger partial charge in [0.15, 0.2) is 0 Å². The van der Waals surface area contributed by atoms with Gasteiger partial charge in [-0.05, 0) is 55.3 Å². The zero-order chi connectivity index (χ0) is 30.6. The van der Waals surface area contributed by atoms with Crippen LogP contribution in [0.15, 0.2) is 24.3 Å². The normalized spacial score (nSPS) is 25.5. The van der Waals surface area contributed by atoms with Gasteiger partial charge in [0.1, 0.15) is 35.7 Å². The summed E-state index contributed by atoms with van der Waals surface area (Å²) in [4.78, 5) is 29.3. The number of amides is 1. The first-order valence-electron chi connectivity index (χ1n) is 15.5. The number of benzene rings is 2. The molecule has 7 rings (SSSR count). The van der Waals surface area contributed by atoms with E-state index in [1.54, 1.807) is 12.1 Å². The minimum Gasteiger partial charge on any atom is -0.508 e. The third-order valence-electron chi connectivity index (χ3n) is 9.57. The molecule has 5 heterocycles. The first-order chi connectivity index (χ1) is 21.3. The number of alkyl halides is 1. The number of ether oxygens (including phenoxy) is 2. The number of hydrogen-bond donors (Lipinski definition) is 2. The number of aliphatic hydroxyl groups is 1. The molecule has 4 aliphatic rings. The number of aliphatic hydroxyl groups excluding tert-OH is 1. The molecule has 3 atom stereocenters. The molecule has 3 aromatic rings. The van der Waals surface area contributed by atoms with Crippen LogP contribution in [0.25, 0.3) is 10.8 Å². The Labute approximate surface area is 254 Å². The van der Waals surface area contributed by atoms with E-state index < -0.39 is 17.8 Å². The maximum atomic E-state index is 15.0. The molecule has 2 aromatic carbocycles. The Kier molecular flexibility index (Phi) is 7.54. The highest BCUT2D eigenvalue weighted by Gasteiger charge is 2.49.